The Balaban J connectivity index is 1.87. The number of halogens is 1. The molecule has 9 nitrogen and oxygen atoms in total. The second-order valence-corrected chi connectivity index (χ2v) is 11.0. The summed E-state index contributed by atoms with van der Waals surface area (Å²) in [6.45, 7) is 7.14. The number of amides is 3. The van der Waals surface area contributed by atoms with Gasteiger partial charge in [-0.05, 0) is 70.4 Å². The zero-order valence-electron chi connectivity index (χ0n) is 21.4. The minimum atomic E-state index is -1.69. The summed E-state index contributed by atoms with van der Waals surface area (Å²) < 4.78 is 0. The van der Waals surface area contributed by atoms with E-state index in [-0.39, 0.29) is 42.4 Å². The van der Waals surface area contributed by atoms with Gasteiger partial charge in [-0.15, -0.1) is 11.6 Å². The van der Waals surface area contributed by atoms with Gasteiger partial charge in [-0.1, -0.05) is 18.2 Å². The van der Waals surface area contributed by atoms with Crippen molar-refractivity contribution in [3.05, 3.63) is 59.2 Å². The second kappa shape index (κ2) is 11.4. The molecule has 1 aliphatic heterocycles. The van der Waals surface area contributed by atoms with Gasteiger partial charge in [-0.25, -0.2) is 0 Å². The van der Waals surface area contributed by atoms with Gasteiger partial charge in [0.2, 0.25) is 5.91 Å². The lowest BCUT2D eigenvalue weighted by Crippen LogP contribution is -2.57. The third-order valence-electron chi connectivity index (χ3n) is 6.23. The van der Waals surface area contributed by atoms with E-state index in [0.29, 0.717) is 11.1 Å². The molecule has 0 radical (unpaired) electrons. The van der Waals surface area contributed by atoms with Crippen molar-refractivity contribution in [1.82, 2.24) is 15.5 Å². The quantitative estimate of drug-likeness (QED) is 0.347. The molecule has 5 N–H and O–H groups in total. The smallest absolute Gasteiger partial charge is 0.254 e. The first-order valence-corrected chi connectivity index (χ1v) is 12.5. The summed E-state index contributed by atoms with van der Waals surface area (Å²) in [7, 11) is 0. The highest BCUT2D eigenvalue weighted by Gasteiger charge is 2.43. The van der Waals surface area contributed by atoms with Gasteiger partial charge in [-0.2, -0.15) is 0 Å². The summed E-state index contributed by atoms with van der Waals surface area (Å²) in [5, 5.41) is 35.9. The molecule has 1 heterocycles. The minimum absolute atomic E-state index is 0.0502. The van der Waals surface area contributed by atoms with Crippen LogP contribution in [0.4, 0.5) is 0 Å². The molecule has 2 aromatic rings. The number of benzene rings is 2. The first kappa shape index (κ1) is 28.3. The van der Waals surface area contributed by atoms with E-state index in [4.69, 9.17) is 11.6 Å². The maximum atomic E-state index is 13.5. The number of carbonyl (C=O) groups is 3. The third kappa shape index (κ3) is 7.14. The Morgan fingerprint density at radius 3 is 2.38 bits per heavy atom. The van der Waals surface area contributed by atoms with Crippen molar-refractivity contribution in [3.63, 3.8) is 0 Å². The predicted molar refractivity (Wildman–Crippen MR) is 140 cm³/mol. The monoisotopic (exact) mass is 531 g/mol. The average Bonchev–Trinajstić information content (AvgIpc) is 3.21. The fourth-order valence-corrected chi connectivity index (χ4v) is 4.63. The van der Waals surface area contributed by atoms with Crippen LogP contribution in [0.15, 0.2) is 42.5 Å². The molecule has 0 aliphatic carbocycles. The standard InChI is InChI=1S/C27H34ClN3O6/c1-15-19(6-5-7-22(15)33)24(35)29-20(12-16-8-10-18(32)11-9-16)23(34)26(37)31-14-17(28)13-21(31)25(36)30-27(2,3)4/h5-11,17,20-21,23,32-34H,12-14H2,1-4H3,(H,29,35)(H,30,36)/t17-,20-,21-,23-/m0/s1. The van der Waals surface area contributed by atoms with Crippen LogP contribution in [0.25, 0.3) is 0 Å². The summed E-state index contributed by atoms with van der Waals surface area (Å²) >= 11 is 6.31. The zero-order chi connectivity index (χ0) is 27.5. The van der Waals surface area contributed by atoms with Crippen molar-refractivity contribution in [2.24, 2.45) is 0 Å². The van der Waals surface area contributed by atoms with Crippen molar-refractivity contribution in [2.75, 3.05) is 6.54 Å². The molecule has 1 fully saturated rings. The molecule has 0 spiro atoms. The predicted octanol–water partition coefficient (Wildman–Crippen LogP) is 2.23. The number of nitrogens with zero attached hydrogens (tertiary/aromatic N) is 1. The zero-order valence-corrected chi connectivity index (χ0v) is 22.1. The number of aromatic hydroxyl groups is 2. The minimum Gasteiger partial charge on any atom is -0.508 e. The molecule has 200 valence electrons. The maximum Gasteiger partial charge on any atom is 0.254 e. The van der Waals surface area contributed by atoms with E-state index in [1.807, 2.05) is 20.8 Å². The van der Waals surface area contributed by atoms with Crippen molar-refractivity contribution >= 4 is 29.3 Å². The first-order chi connectivity index (χ1) is 17.3. The van der Waals surface area contributed by atoms with E-state index in [0.717, 1.165) is 0 Å². The fraction of sp³-hybridized carbons (Fsp3) is 0.444. The van der Waals surface area contributed by atoms with Crippen LogP contribution in [0.2, 0.25) is 0 Å². The van der Waals surface area contributed by atoms with Crippen molar-refractivity contribution in [3.8, 4) is 11.5 Å². The summed E-state index contributed by atoms with van der Waals surface area (Å²) in [6, 6.07) is 8.75. The largest absolute Gasteiger partial charge is 0.508 e. The highest BCUT2D eigenvalue weighted by molar-refractivity contribution is 6.21. The highest BCUT2D eigenvalue weighted by atomic mass is 35.5. The molecule has 1 aliphatic rings. The van der Waals surface area contributed by atoms with Gasteiger partial charge in [0, 0.05) is 23.2 Å². The molecule has 3 amide bonds. The topological polar surface area (TPSA) is 139 Å². The van der Waals surface area contributed by atoms with Gasteiger partial charge >= 0.3 is 0 Å². The Labute approximate surface area is 221 Å². The van der Waals surface area contributed by atoms with Gasteiger partial charge in [0.05, 0.1) is 11.4 Å². The highest BCUT2D eigenvalue weighted by Crippen LogP contribution is 2.25. The van der Waals surface area contributed by atoms with E-state index in [1.165, 1.54) is 35.2 Å². The Kier molecular flexibility index (Phi) is 8.71. The van der Waals surface area contributed by atoms with Crippen LogP contribution in [0.1, 0.15) is 48.7 Å². The van der Waals surface area contributed by atoms with E-state index in [9.17, 15) is 29.7 Å². The molecule has 37 heavy (non-hydrogen) atoms. The van der Waals surface area contributed by atoms with E-state index >= 15 is 0 Å². The SMILES string of the molecule is Cc1c(O)cccc1C(=O)N[C@@H](Cc1ccc(O)cc1)[C@H](O)C(=O)N1C[C@@H](Cl)C[C@H]1C(=O)NC(C)(C)C. The molecule has 0 aromatic heterocycles. The molecule has 0 bridgehead atoms. The van der Waals surface area contributed by atoms with Crippen LogP contribution in [-0.4, -0.2) is 73.6 Å². The number of phenolic OH excluding ortho intramolecular Hbond substituents is 2. The lowest BCUT2D eigenvalue weighted by molar-refractivity contribution is -0.146. The molecular formula is C27H34ClN3O6. The van der Waals surface area contributed by atoms with Crippen LogP contribution < -0.4 is 10.6 Å². The molecule has 0 unspecified atom stereocenters. The fourth-order valence-electron chi connectivity index (χ4n) is 4.31. The Morgan fingerprint density at radius 2 is 1.76 bits per heavy atom. The number of aliphatic hydroxyl groups excluding tert-OH is 1. The number of carbonyl (C=O) groups excluding carboxylic acids is 3. The number of phenols is 2. The first-order valence-electron chi connectivity index (χ1n) is 12.1. The Bertz CT molecular complexity index is 1150. The normalized spacial score (nSPS) is 19.2. The van der Waals surface area contributed by atoms with Gasteiger partial charge in [0.1, 0.15) is 17.5 Å². The van der Waals surface area contributed by atoms with Crippen LogP contribution in [0.5, 0.6) is 11.5 Å². The van der Waals surface area contributed by atoms with Gasteiger partial charge in [-0.3, -0.25) is 14.4 Å². The third-order valence-corrected chi connectivity index (χ3v) is 6.54. The molecule has 3 rings (SSSR count). The van der Waals surface area contributed by atoms with Crippen LogP contribution >= 0.6 is 11.6 Å². The Morgan fingerprint density at radius 1 is 1.11 bits per heavy atom. The van der Waals surface area contributed by atoms with E-state index < -0.39 is 40.9 Å². The number of aliphatic hydroxyl groups is 1. The molecule has 0 saturated carbocycles. The summed E-state index contributed by atoms with van der Waals surface area (Å²) in [6.07, 6.45) is -1.39. The van der Waals surface area contributed by atoms with Gasteiger partial charge < -0.3 is 30.9 Å². The Hall–Kier alpha value is -3.30. The molecule has 1 saturated heterocycles. The lowest BCUT2D eigenvalue weighted by Gasteiger charge is -2.32. The van der Waals surface area contributed by atoms with Crippen LogP contribution in [-0.2, 0) is 16.0 Å². The number of likely N-dealkylation sites (tertiary alicyclic amines) is 1. The van der Waals surface area contributed by atoms with E-state index in [2.05, 4.69) is 10.6 Å². The lowest BCUT2D eigenvalue weighted by atomic mass is 9.98. The number of hydrogen-bond donors (Lipinski definition) is 5. The number of hydrogen-bond acceptors (Lipinski definition) is 6. The number of rotatable bonds is 7. The van der Waals surface area contributed by atoms with Crippen LogP contribution in [0, 0.1) is 6.92 Å². The summed E-state index contributed by atoms with van der Waals surface area (Å²) in [5.41, 5.74) is 0.678. The average molecular weight is 532 g/mol. The number of nitrogens with one attached hydrogen (secondary N) is 2. The molecule has 10 heteroatoms. The number of alkyl halides is 1. The molecular weight excluding hydrogens is 498 g/mol. The summed E-state index contributed by atoms with van der Waals surface area (Å²) in [4.78, 5) is 40.8. The van der Waals surface area contributed by atoms with Gasteiger partial charge in [0.25, 0.3) is 11.8 Å². The molecule has 2 aromatic carbocycles. The van der Waals surface area contributed by atoms with Crippen molar-refractivity contribution in [1.29, 1.82) is 0 Å². The second-order valence-electron chi connectivity index (χ2n) is 10.4. The summed E-state index contributed by atoms with van der Waals surface area (Å²) in [5.74, 6) is -1.69. The molecule has 4 atom stereocenters. The van der Waals surface area contributed by atoms with Crippen LogP contribution in [0.3, 0.4) is 0 Å². The van der Waals surface area contributed by atoms with Crippen molar-refractivity contribution < 1.29 is 29.7 Å². The van der Waals surface area contributed by atoms with Crippen molar-refractivity contribution in [2.45, 2.75) is 69.6 Å². The maximum absolute atomic E-state index is 13.5. The van der Waals surface area contributed by atoms with Gasteiger partial charge in [0.15, 0.2) is 6.10 Å². The van der Waals surface area contributed by atoms with E-state index in [1.54, 1.807) is 19.1 Å².